The maximum Gasteiger partial charge on any atom is 0.0725 e. The van der Waals surface area contributed by atoms with Crippen LogP contribution in [0.2, 0.25) is 0 Å². The summed E-state index contributed by atoms with van der Waals surface area (Å²) in [6.07, 6.45) is 0. The smallest absolute Gasteiger partial charge is 0.0683 e. The summed E-state index contributed by atoms with van der Waals surface area (Å²) in [4.78, 5) is 0. The Morgan fingerprint density at radius 2 is 0.771 bits per heavy atom. The molecule has 2 aliphatic rings. The van der Waals surface area contributed by atoms with Gasteiger partial charge < -0.3 is 0 Å². The molecule has 0 aliphatic heterocycles. The van der Waals surface area contributed by atoms with E-state index in [-0.39, 0.29) is 5.41 Å². The first kappa shape index (κ1) is 28.1. The molecule has 0 aromatic heterocycles. The molecule has 0 fully saturated rings. The van der Waals surface area contributed by atoms with E-state index >= 15 is 0 Å². The molecule has 1 spiro atoms. The van der Waals surface area contributed by atoms with Gasteiger partial charge >= 0.3 is 0 Å². The second-order valence-electron chi connectivity index (χ2n) is 7.94. The SMILES string of the molecule is CC.CC.CC.CC.Cc1ccc2c(c1)-c1ccc(C)cc1C21c2ccccc2-c2ccccc21. The fourth-order valence-electron chi connectivity index (χ4n) is 5.37. The number of aryl methyl sites for hydroxylation is 2. The Bertz CT molecular complexity index is 1200. The van der Waals surface area contributed by atoms with E-state index in [1.54, 1.807) is 0 Å². The molecule has 6 rings (SSSR count). The topological polar surface area (TPSA) is 0 Å². The zero-order valence-corrected chi connectivity index (χ0v) is 23.6. The number of benzene rings is 4. The summed E-state index contributed by atoms with van der Waals surface area (Å²) in [5.41, 5.74) is 13.6. The first-order chi connectivity index (χ1) is 17.2. The lowest BCUT2D eigenvalue weighted by atomic mass is 9.70. The maximum atomic E-state index is 2.41. The van der Waals surface area contributed by atoms with Crippen LogP contribution in [0.4, 0.5) is 0 Å². The van der Waals surface area contributed by atoms with Gasteiger partial charge in [-0.05, 0) is 58.4 Å². The third kappa shape index (κ3) is 4.36. The Labute approximate surface area is 215 Å². The van der Waals surface area contributed by atoms with E-state index in [2.05, 4.69) is 98.8 Å². The van der Waals surface area contributed by atoms with Crippen LogP contribution in [0.1, 0.15) is 88.8 Å². The summed E-state index contributed by atoms with van der Waals surface area (Å²) >= 11 is 0. The highest BCUT2D eigenvalue weighted by Crippen LogP contribution is 2.62. The molecule has 0 atom stereocenters. The van der Waals surface area contributed by atoms with Crippen molar-refractivity contribution in [3.8, 4) is 22.3 Å². The van der Waals surface area contributed by atoms with Crippen molar-refractivity contribution in [2.24, 2.45) is 0 Å². The average molecular weight is 465 g/mol. The highest BCUT2D eigenvalue weighted by Gasteiger charge is 2.51. The Hall–Kier alpha value is -3.12. The van der Waals surface area contributed by atoms with Crippen molar-refractivity contribution in [2.45, 2.75) is 74.7 Å². The van der Waals surface area contributed by atoms with E-state index in [9.17, 15) is 0 Å². The molecular formula is C35H44. The van der Waals surface area contributed by atoms with Crippen molar-refractivity contribution in [2.75, 3.05) is 0 Å². The Morgan fingerprint density at radius 3 is 1.31 bits per heavy atom. The minimum Gasteiger partial charge on any atom is -0.0683 e. The van der Waals surface area contributed by atoms with E-state index in [1.807, 2.05) is 55.4 Å². The van der Waals surface area contributed by atoms with Gasteiger partial charge in [0.15, 0.2) is 0 Å². The molecule has 2 aliphatic carbocycles. The van der Waals surface area contributed by atoms with Crippen LogP contribution in [0.15, 0.2) is 84.9 Å². The van der Waals surface area contributed by atoms with Crippen LogP contribution in [0, 0.1) is 13.8 Å². The summed E-state index contributed by atoms with van der Waals surface area (Å²) in [7, 11) is 0. The van der Waals surface area contributed by atoms with Crippen molar-refractivity contribution >= 4 is 0 Å². The largest absolute Gasteiger partial charge is 0.0725 e. The van der Waals surface area contributed by atoms with Crippen molar-refractivity contribution in [1.29, 1.82) is 0 Å². The van der Waals surface area contributed by atoms with Gasteiger partial charge in [0, 0.05) is 0 Å². The average Bonchev–Trinajstić information content (AvgIpc) is 3.39. The van der Waals surface area contributed by atoms with Crippen LogP contribution in [-0.4, -0.2) is 0 Å². The van der Waals surface area contributed by atoms with E-state index in [4.69, 9.17) is 0 Å². The third-order valence-corrected chi connectivity index (χ3v) is 6.40. The summed E-state index contributed by atoms with van der Waals surface area (Å²) in [5, 5.41) is 0. The molecule has 0 unspecified atom stereocenters. The van der Waals surface area contributed by atoms with Crippen LogP contribution in [0.25, 0.3) is 22.3 Å². The number of rotatable bonds is 0. The second kappa shape index (κ2) is 12.5. The highest BCUT2D eigenvalue weighted by molar-refractivity contribution is 5.95. The minimum absolute atomic E-state index is 0.197. The molecule has 184 valence electrons. The molecule has 0 heteroatoms. The quantitative estimate of drug-likeness (QED) is 0.210. The lowest BCUT2D eigenvalue weighted by Crippen LogP contribution is -2.25. The standard InChI is InChI=1S/C27H20.4C2H6/c1-17-12-14-25-22(15-17)21-13-11-18(2)16-26(21)27(25)23-9-5-3-7-19(23)20-8-4-6-10-24(20)27;4*1-2/h3-16H,1-2H3;4*1-2H3. The predicted octanol–water partition coefficient (Wildman–Crippen LogP) is 10.8. The van der Waals surface area contributed by atoms with Crippen molar-refractivity contribution in [1.82, 2.24) is 0 Å². The molecular weight excluding hydrogens is 420 g/mol. The van der Waals surface area contributed by atoms with E-state index in [0.29, 0.717) is 0 Å². The summed E-state index contributed by atoms with van der Waals surface area (Å²) in [5.74, 6) is 0. The van der Waals surface area contributed by atoms with Gasteiger partial charge in [0.2, 0.25) is 0 Å². The maximum absolute atomic E-state index is 2.41. The Kier molecular flexibility index (Phi) is 10.1. The van der Waals surface area contributed by atoms with Gasteiger partial charge in [0.05, 0.1) is 5.41 Å². The zero-order valence-electron chi connectivity index (χ0n) is 23.6. The monoisotopic (exact) mass is 464 g/mol. The van der Waals surface area contributed by atoms with Gasteiger partial charge in [-0.2, -0.15) is 0 Å². The molecule has 0 bridgehead atoms. The second-order valence-corrected chi connectivity index (χ2v) is 7.94. The van der Waals surface area contributed by atoms with Crippen molar-refractivity contribution in [3.05, 3.63) is 118 Å². The number of hydrogen-bond donors (Lipinski definition) is 0. The highest BCUT2D eigenvalue weighted by atomic mass is 14.5. The van der Waals surface area contributed by atoms with Crippen LogP contribution in [0.3, 0.4) is 0 Å². The predicted molar refractivity (Wildman–Crippen MR) is 158 cm³/mol. The van der Waals surface area contributed by atoms with E-state index in [1.165, 1.54) is 55.6 Å². The van der Waals surface area contributed by atoms with Gasteiger partial charge in [-0.3, -0.25) is 0 Å². The molecule has 0 saturated heterocycles. The summed E-state index contributed by atoms with van der Waals surface area (Å²) in [6.45, 7) is 20.4. The van der Waals surface area contributed by atoms with Gasteiger partial charge in [-0.1, -0.05) is 151 Å². The lowest BCUT2D eigenvalue weighted by molar-refractivity contribution is 0.792. The number of fused-ring (bicyclic) bond motifs is 10. The Morgan fingerprint density at radius 1 is 0.371 bits per heavy atom. The fourth-order valence-corrected chi connectivity index (χ4v) is 5.37. The van der Waals surface area contributed by atoms with Crippen LogP contribution in [-0.2, 0) is 5.41 Å². The molecule has 0 saturated carbocycles. The van der Waals surface area contributed by atoms with Gasteiger partial charge in [-0.15, -0.1) is 0 Å². The molecule has 4 aromatic carbocycles. The lowest BCUT2D eigenvalue weighted by Gasteiger charge is -2.30. The zero-order chi connectivity index (χ0) is 26.2. The molecule has 0 radical (unpaired) electrons. The molecule has 35 heavy (non-hydrogen) atoms. The molecule has 0 nitrogen and oxygen atoms in total. The fraction of sp³-hybridized carbons (Fsp3) is 0.314. The van der Waals surface area contributed by atoms with Crippen LogP contribution >= 0.6 is 0 Å². The number of hydrogen-bond acceptors (Lipinski definition) is 0. The molecule has 0 heterocycles. The first-order valence-electron chi connectivity index (χ1n) is 13.6. The first-order valence-corrected chi connectivity index (χ1v) is 13.6. The van der Waals surface area contributed by atoms with Gasteiger partial charge in [-0.25, -0.2) is 0 Å². The summed E-state index contributed by atoms with van der Waals surface area (Å²) < 4.78 is 0. The van der Waals surface area contributed by atoms with Crippen LogP contribution in [0.5, 0.6) is 0 Å². The third-order valence-electron chi connectivity index (χ3n) is 6.40. The molecule has 4 aromatic rings. The van der Waals surface area contributed by atoms with Gasteiger partial charge in [0.1, 0.15) is 0 Å². The van der Waals surface area contributed by atoms with Crippen LogP contribution < -0.4 is 0 Å². The van der Waals surface area contributed by atoms with Crippen molar-refractivity contribution < 1.29 is 0 Å². The van der Waals surface area contributed by atoms with Gasteiger partial charge in [0.25, 0.3) is 0 Å². The van der Waals surface area contributed by atoms with Crippen molar-refractivity contribution in [3.63, 3.8) is 0 Å². The molecule has 0 N–H and O–H groups in total. The van der Waals surface area contributed by atoms with E-state index in [0.717, 1.165) is 0 Å². The molecule has 0 amide bonds. The normalized spacial score (nSPS) is 11.9. The minimum atomic E-state index is -0.197. The van der Waals surface area contributed by atoms with E-state index < -0.39 is 0 Å². The summed E-state index contributed by atoms with van der Waals surface area (Å²) in [6, 6.07) is 31.9. The Balaban J connectivity index is 0.000000495.